The van der Waals surface area contributed by atoms with E-state index in [4.69, 9.17) is 35.2 Å². The number of carbonyl (C=O) groups is 4. The van der Waals surface area contributed by atoms with Crippen molar-refractivity contribution >= 4 is 52.1 Å². The van der Waals surface area contributed by atoms with Crippen LogP contribution < -0.4 is 20.1 Å². The number of ether oxygens (including phenoxy) is 3. The van der Waals surface area contributed by atoms with Crippen LogP contribution in [-0.4, -0.2) is 119 Å². The summed E-state index contributed by atoms with van der Waals surface area (Å²) in [5, 5.41) is 17.6. The Labute approximate surface area is 373 Å². The van der Waals surface area contributed by atoms with Crippen molar-refractivity contribution in [1.29, 1.82) is 0 Å². The number of carboxylic acid groups (broad SMARTS) is 1. The van der Waals surface area contributed by atoms with Crippen LogP contribution in [-0.2, 0) is 23.9 Å². The molecule has 1 amide bonds. The van der Waals surface area contributed by atoms with E-state index < -0.39 is 40.8 Å². The number of allylic oxidation sites excluding steroid dienone is 1. The molecule has 15 nitrogen and oxygen atoms in total. The quantitative estimate of drug-likeness (QED) is 0.0914. The number of nitrogens with one attached hydrogen (secondary N) is 2. The van der Waals surface area contributed by atoms with Crippen molar-refractivity contribution in [3.05, 3.63) is 42.1 Å². The van der Waals surface area contributed by atoms with Gasteiger partial charge in [-0.2, -0.15) is 4.98 Å². The molecule has 5 aliphatic rings. The second-order valence-corrected chi connectivity index (χ2v) is 20.0. The average molecular weight is 889 g/mol. The van der Waals surface area contributed by atoms with Gasteiger partial charge in [0.05, 0.1) is 41.6 Å². The summed E-state index contributed by atoms with van der Waals surface area (Å²) in [5.41, 5.74) is -0.708. The fraction of sp³-hybridized carbons (Fsp3) is 0.617. The number of aromatic nitrogens is 2. The van der Waals surface area contributed by atoms with Gasteiger partial charge in [-0.15, -0.1) is 6.58 Å². The van der Waals surface area contributed by atoms with Crippen molar-refractivity contribution in [2.24, 2.45) is 34.5 Å². The zero-order chi connectivity index (χ0) is 44.8. The van der Waals surface area contributed by atoms with Crippen molar-refractivity contribution in [2.45, 2.75) is 104 Å². The normalized spacial score (nSPS) is 27.2. The maximum Gasteiger partial charge on any atom is 0.310 e. The number of hydrogen-bond donors (Lipinski definition) is 3. The van der Waals surface area contributed by atoms with Crippen molar-refractivity contribution in [3.8, 4) is 22.9 Å². The highest BCUT2D eigenvalue weighted by Gasteiger charge is 2.61. The van der Waals surface area contributed by atoms with E-state index in [0.717, 1.165) is 45.6 Å². The van der Waals surface area contributed by atoms with Crippen molar-refractivity contribution in [1.82, 2.24) is 25.1 Å². The summed E-state index contributed by atoms with van der Waals surface area (Å²) >= 11 is 7.10. The Kier molecular flexibility index (Phi) is 12.8. The number of nitrogens with zero attached hydrogens (tertiary/aromatic N) is 4. The van der Waals surface area contributed by atoms with Crippen LogP contribution in [0.4, 0.5) is 6.01 Å². The Balaban J connectivity index is 1.09. The number of Topliss-reactive ketones (excluding diaryl/α,β-unsaturated/α-hetero) is 1. The fourth-order valence-electron chi connectivity index (χ4n) is 9.80. The zero-order valence-corrected chi connectivity index (χ0v) is 37.7. The van der Waals surface area contributed by atoms with E-state index in [1.54, 1.807) is 18.2 Å². The molecular formula is C47H61ClN6O9. The van der Waals surface area contributed by atoms with Gasteiger partial charge in [0.1, 0.15) is 47.3 Å². The maximum atomic E-state index is 14.9. The number of carbonyl (C=O) groups excluding carboxylic acids is 3. The highest BCUT2D eigenvalue weighted by molar-refractivity contribution is 6.36. The number of aliphatic carboxylic acids is 1. The van der Waals surface area contributed by atoms with Crippen molar-refractivity contribution < 1.29 is 42.9 Å². The molecule has 3 saturated carbocycles. The van der Waals surface area contributed by atoms with Gasteiger partial charge in [-0.25, -0.2) is 4.98 Å². The zero-order valence-electron chi connectivity index (χ0n) is 37.0. The summed E-state index contributed by atoms with van der Waals surface area (Å²) in [5.74, 6) is -1.32. The first-order valence-electron chi connectivity index (χ1n) is 22.5. The number of anilines is 1. The molecule has 3 aliphatic carbocycles. The summed E-state index contributed by atoms with van der Waals surface area (Å²) < 4.78 is 24.7. The number of benzene rings is 1. The van der Waals surface area contributed by atoms with E-state index in [2.05, 4.69) is 27.1 Å². The minimum Gasteiger partial charge on any atom is -0.491 e. The number of hydrogen-bond acceptors (Lipinski definition) is 13. The van der Waals surface area contributed by atoms with Gasteiger partial charge in [0, 0.05) is 63.1 Å². The molecule has 0 radical (unpaired) electrons. The largest absolute Gasteiger partial charge is 0.491 e. The van der Waals surface area contributed by atoms with Crippen molar-refractivity contribution in [2.75, 3.05) is 51.2 Å². The number of fused-ring (bicyclic) bond motifs is 2. The van der Waals surface area contributed by atoms with E-state index >= 15 is 0 Å². The van der Waals surface area contributed by atoms with Crippen LogP contribution in [0.2, 0.25) is 5.02 Å². The predicted octanol–water partition coefficient (Wildman–Crippen LogP) is 6.63. The lowest BCUT2D eigenvalue weighted by Gasteiger charge is -2.35. The van der Waals surface area contributed by atoms with Crippen LogP contribution >= 0.6 is 11.6 Å². The van der Waals surface area contributed by atoms with Gasteiger partial charge in [0.25, 0.3) is 6.01 Å². The van der Waals surface area contributed by atoms with E-state index in [9.17, 15) is 24.3 Å². The number of rotatable bonds is 18. The number of carboxylic acids is 1. The summed E-state index contributed by atoms with van der Waals surface area (Å²) in [7, 11) is 0. The Morgan fingerprint density at radius 3 is 2.48 bits per heavy atom. The Morgan fingerprint density at radius 2 is 1.81 bits per heavy atom. The van der Waals surface area contributed by atoms with Crippen LogP contribution in [0.5, 0.6) is 11.5 Å². The lowest BCUT2D eigenvalue weighted by atomic mass is 9.77. The third kappa shape index (κ3) is 9.85. The fourth-order valence-corrected chi connectivity index (χ4v) is 10.1. The number of likely N-dealkylation sites (tertiary alicyclic amines) is 1. The van der Waals surface area contributed by atoms with Gasteiger partial charge in [0.15, 0.2) is 5.78 Å². The van der Waals surface area contributed by atoms with E-state index in [0.29, 0.717) is 64.7 Å². The first-order valence-corrected chi connectivity index (χ1v) is 22.9. The monoisotopic (exact) mass is 888 g/mol. The Hall–Kier alpha value is -4.73. The lowest BCUT2D eigenvalue weighted by Crippen LogP contribution is -2.48. The molecule has 8 atom stereocenters. The summed E-state index contributed by atoms with van der Waals surface area (Å²) in [4.78, 5) is 68.7. The van der Waals surface area contributed by atoms with Crippen LogP contribution in [0.1, 0.15) is 79.6 Å². The third-order valence-corrected chi connectivity index (χ3v) is 14.0. The summed E-state index contributed by atoms with van der Waals surface area (Å²) in [6.07, 6.45) is 5.12. The van der Waals surface area contributed by atoms with Crippen LogP contribution in [0.15, 0.2) is 41.5 Å². The van der Waals surface area contributed by atoms with Gasteiger partial charge >= 0.3 is 11.9 Å². The SMILES string of the molecule is C=C[C@@H]1C[C@]1(CC(=O)[C@@H]1C[C@@H](Oc2cc(-c3coc(NC(C)C)n3)nc3c(Cl)c(OCCN4CCNCC4)ccc23)CN1C(=O)[C@@H](CC(=O)OC1C[C@@H]2C[C@@H]2C1)C(C)(C)C)C(=O)O. The molecule has 0 bridgehead atoms. The van der Waals surface area contributed by atoms with Crippen molar-refractivity contribution in [3.63, 3.8) is 0 Å². The smallest absolute Gasteiger partial charge is 0.310 e. The van der Waals surface area contributed by atoms with Gasteiger partial charge in [-0.3, -0.25) is 24.1 Å². The molecule has 1 unspecified atom stereocenters. The first kappa shape index (κ1) is 44.9. The number of ketones is 1. The molecule has 340 valence electrons. The molecule has 4 heterocycles. The molecule has 2 aromatic heterocycles. The minimum absolute atomic E-state index is 0.0142. The summed E-state index contributed by atoms with van der Waals surface area (Å²) in [6, 6.07) is 4.73. The molecule has 1 aromatic carbocycles. The van der Waals surface area contributed by atoms with Gasteiger partial charge in [0.2, 0.25) is 5.91 Å². The molecule has 2 saturated heterocycles. The van der Waals surface area contributed by atoms with Gasteiger partial charge in [-0.05, 0) is 74.8 Å². The van der Waals surface area contributed by atoms with E-state index in [1.165, 1.54) is 17.6 Å². The summed E-state index contributed by atoms with van der Waals surface area (Å²) in [6.45, 7) is 18.3. The Bertz CT molecular complexity index is 2230. The lowest BCUT2D eigenvalue weighted by molar-refractivity contribution is -0.157. The maximum absolute atomic E-state index is 14.9. The van der Waals surface area contributed by atoms with Gasteiger partial charge in [-0.1, -0.05) is 38.4 Å². The number of piperazine rings is 1. The van der Waals surface area contributed by atoms with Gasteiger partial charge < -0.3 is 39.3 Å². The first-order chi connectivity index (χ1) is 30.0. The molecule has 0 spiro atoms. The topological polar surface area (TPSA) is 186 Å². The van der Waals surface area contributed by atoms with E-state index in [1.807, 2.05) is 40.7 Å². The third-order valence-electron chi connectivity index (χ3n) is 13.7. The molecule has 3 N–H and O–H groups in total. The van der Waals surface area contributed by atoms with Crippen LogP contribution in [0, 0.1) is 34.5 Å². The molecule has 2 aliphatic heterocycles. The highest BCUT2D eigenvalue weighted by atomic mass is 35.5. The van der Waals surface area contributed by atoms with E-state index in [-0.39, 0.29) is 60.6 Å². The molecule has 5 fully saturated rings. The van der Waals surface area contributed by atoms with Crippen LogP contribution in [0.25, 0.3) is 22.3 Å². The second-order valence-electron chi connectivity index (χ2n) is 19.7. The number of pyridine rings is 1. The molecular weight excluding hydrogens is 828 g/mol. The number of halogens is 1. The number of amides is 1. The molecule has 3 aromatic rings. The molecule has 63 heavy (non-hydrogen) atoms. The molecule has 8 rings (SSSR count). The van der Waals surface area contributed by atoms with Crippen LogP contribution in [0.3, 0.4) is 0 Å². The predicted molar refractivity (Wildman–Crippen MR) is 237 cm³/mol. The minimum atomic E-state index is -1.28. The highest BCUT2D eigenvalue weighted by Crippen LogP contribution is 2.57. The average Bonchev–Trinajstić information content (AvgIpc) is 3.91. The number of esters is 1. The second kappa shape index (κ2) is 18.0. The standard InChI is InChI=1S/C47H61ClN6O9/c1-7-29-22-47(29,44(58)59)23-37(55)36-19-31(24-54(36)43(57)33(46(4,5)6)20-40(56)63-30-17-27-16-28(27)18-30)62-39-21-34(35-25-61-45(52-35)50-26(2)3)51-42-32(39)8-9-38(41(42)48)60-15-14-53-12-10-49-11-13-53/h7-9,21,25-31,33,36,49H,1,10-20,22-24H2,2-6H3,(H,50,52)(H,58,59)/t27-,28+,29-,30?,31-,33-,36+,47-/m1/s1. The molecule has 16 heteroatoms. The Morgan fingerprint density at radius 1 is 1.06 bits per heavy atom. The number of oxazole rings is 1.